The predicted molar refractivity (Wildman–Crippen MR) is 224 cm³/mol. The zero-order chi connectivity index (χ0) is 43.6. The third kappa shape index (κ3) is 18.7. The van der Waals surface area contributed by atoms with Crippen molar-refractivity contribution >= 4 is 0 Å². The Kier molecular flexibility index (Phi) is 31.4. The third-order valence-corrected chi connectivity index (χ3v) is 11.3. The number of rotatable bonds is 4. The number of nitrogens with zero attached hydrogens (tertiary/aromatic N) is 14. The largest absolute Gasteiger partial charge is 1.00 e. The Morgan fingerprint density at radius 3 is 0.415 bits per heavy atom. The Hall–Kier alpha value is -2.80. The third-order valence-electron chi connectivity index (χ3n) is 7.55. The molecular formula is C46H32FeK4N14. The van der Waals surface area contributed by atoms with Crippen molar-refractivity contribution in [1.29, 1.82) is 31.6 Å². The molecule has 0 saturated heterocycles. The second-order valence-electron chi connectivity index (χ2n) is 11.5. The maximum Gasteiger partial charge on any atom is 1.00 e. The second-order valence-corrected chi connectivity index (χ2v) is 17.1. The molecule has 0 saturated carbocycles. The minimum absolute atomic E-state index is 0. The molecule has 0 atom stereocenters. The molecule has 0 bridgehead atoms. The van der Waals surface area contributed by atoms with Crippen LogP contribution in [0.3, 0.4) is 0 Å². The van der Waals surface area contributed by atoms with E-state index in [0.717, 1.165) is 75.4 Å². The van der Waals surface area contributed by atoms with E-state index in [9.17, 15) is 0 Å². The van der Waals surface area contributed by atoms with Gasteiger partial charge in [0, 0.05) is 49.6 Å². The summed E-state index contributed by atoms with van der Waals surface area (Å²) >= 11 is 0. The first-order valence-corrected chi connectivity index (χ1v) is 20.9. The molecule has 19 heteroatoms. The number of aromatic nitrogens is 8. The summed E-state index contributed by atoms with van der Waals surface area (Å²) in [5.41, 5.74) is 7.32. The SMILES string of the molecule is N#[C][Fe-4]([C]#N)([C]#N)([C]#N)([C]#N)[C]#N.[K+].[K+].[K+].[K+].c1ccc(-c2ccccn2)nc1.c1ccc(-c2ccccn2)nc1.c1ccc(-c2ccccn2)nc1.c1ccc(-c2ccccn2)nc1. The molecule has 0 aliphatic rings. The fourth-order valence-corrected chi connectivity index (χ4v) is 5.21. The molecule has 298 valence electrons. The van der Waals surface area contributed by atoms with Crippen LogP contribution in [0.5, 0.6) is 0 Å². The predicted octanol–water partition coefficient (Wildman–Crippen LogP) is -3.31. The maximum atomic E-state index is 8.58. The van der Waals surface area contributed by atoms with Gasteiger partial charge in [-0.1, -0.05) is 48.5 Å². The first-order chi connectivity index (χ1) is 29.8. The number of nitriles is 6. The van der Waals surface area contributed by atoms with Crippen LogP contribution in [0.15, 0.2) is 195 Å². The van der Waals surface area contributed by atoms with Gasteiger partial charge in [-0.15, -0.1) is 0 Å². The Morgan fingerprint density at radius 1 is 0.231 bits per heavy atom. The molecule has 0 spiro atoms. The maximum absolute atomic E-state index is 8.58. The molecule has 8 rings (SSSR count). The van der Waals surface area contributed by atoms with Crippen LogP contribution in [-0.4, -0.2) is 39.9 Å². The number of pyridine rings is 8. The fraction of sp³-hybridized carbons (Fsp3) is 0. The first-order valence-electron chi connectivity index (χ1n) is 17.6. The summed E-state index contributed by atoms with van der Waals surface area (Å²) in [7, 11) is -6.17. The van der Waals surface area contributed by atoms with E-state index >= 15 is 0 Å². The summed E-state index contributed by atoms with van der Waals surface area (Å²) in [6, 6.07) is 46.4. The molecule has 0 unspecified atom stereocenters. The van der Waals surface area contributed by atoms with E-state index < -0.39 is 10.7 Å². The summed E-state index contributed by atoms with van der Waals surface area (Å²) in [6.07, 6.45) is 14.1. The number of hydrogen-bond donors (Lipinski definition) is 0. The molecule has 0 aliphatic heterocycles. The van der Waals surface area contributed by atoms with Crippen molar-refractivity contribution < 1.29 is 216 Å². The van der Waals surface area contributed by atoms with E-state index in [2.05, 4.69) is 39.9 Å². The van der Waals surface area contributed by atoms with E-state index in [1.807, 2.05) is 146 Å². The average molecular weight is 993 g/mol. The first kappa shape index (κ1) is 62.2. The van der Waals surface area contributed by atoms with E-state index in [0.29, 0.717) is 0 Å². The van der Waals surface area contributed by atoms with E-state index in [1.54, 1.807) is 49.6 Å². The molecule has 0 aliphatic carbocycles. The van der Waals surface area contributed by atoms with Crippen molar-refractivity contribution in [3.63, 3.8) is 0 Å². The zero-order valence-corrected chi connectivity index (χ0v) is 49.7. The Morgan fingerprint density at radius 2 is 0.354 bits per heavy atom. The van der Waals surface area contributed by atoms with Gasteiger partial charge in [0.25, 0.3) is 0 Å². The van der Waals surface area contributed by atoms with Crippen LogP contribution in [0.2, 0.25) is 0 Å². The van der Waals surface area contributed by atoms with Gasteiger partial charge in [-0.2, -0.15) is 0 Å². The van der Waals surface area contributed by atoms with Gasteiger partial charge in [0.2, 0.25) is 0 Å². The quantitative estimate of drug-likeness (QED) is 0.157. The number of hydrogen-bond acceptors (Lipinski definition) is 14. The van der Waals surface area contributed by atoms with Crippen molar-refractivity contribution in [1.82, 2.24) is 39.9 Å². The minimum Gasteiger partial charge on any atom is -0.255 e. The van der Waals surface area contributed by atoms with Crippen molar-refractivity contribution in [3.05, 3.63) is 195 Å². The topological polar surface area (TPSA) is 246 Å². The van der Waals surface area contributed by atoms with Gasteiger partial charge in [0.05, 0.1) is 45.6 Å². The van der Waals surface area contributed by atoms with Gasteiger partial charge in [-0.3, -0.25) is 39.9 Å². The summed E-state index contributed by atoms with van der Waals surface area (Å²) in [5.74, 6) is 0. The molecule has 14 nitrogen and oxygen atoms in total. The normalized spacial score (nSPS) is 9.82. The van der Waals surface area contributed by atoms with Crippen LogP contribution in [0.25, 0.3) is 45.6 Å². The average Bonchev–Trinajstić information content (AvgIpc) is 3.39. The monoisotopic (exact) mass is 992 g/mol. The van der Waals surface area contributed by atoms with Crippen molar-refractivity contribution in [2.24, 2.45) is 0 Å². The molecular weight excluding hydrogens is 961 g/mol. The standard InChI is InChI=1S/4C10H8N2.6CN.Fe.4K/c4*1-3-7-11-9(5-1)10-6-2-4-8-12-10;6*1-2;;;;;/h4*1-8H;;;;;;;;;;;/q;;;;;;;;;;-4;4*+1. The Labute approximate surface area is 547 Å². The Bertz CT molecular complexity index is 2260. The van der Waals surface area contributed by atoms with Gasteiger partial charge < -0.3 is 0 Å². The van der Waals surface area contributed by atoms with E-state index in [1.165, 1.54) is 0 Å². The zero-order valence-electron chi connectivity index (χ0n) is 36.1. The minimum atomic E-state index is -6.17. The van der Waals surface area contributed by atoms with Crippen LogP contribution in [0.4, 0.5) is 0 Å². The molecule has 8 aromatic heterocycles. The Balaban J connectivity index is 0.000000776. The van der Waals surface area contributed by atoms with E-state index in [-0.39, 0.29) is 206 Å². The molecule has 0 N–H and O–H groups in total. The van der Waals surface area contributed by atoms with Crippen molar-refractivity contribution in [2.45, 2.75) is 0 Å². The fourth-order valence-electron chi connectivity index (χ4n) is 4.38. The van der Waals surface area contributed by atoms with E-state index in [4.69, 9.17) is 31.6 Å². The van der Waals surface area contributed by atoms with Crippen LogP contribution < -0.4 is 206 Å². The van der Waals surface area contributed by atoms with Crippen molar-refractivity contribution in [2.75, 3.05) is 0 Å². The van der Waals surface area contributed by atoms with Crippen LogP contribution >= 0.6 is 0 Å². The van der Waals surface area contributed by atoms with Crippen molar-refractivity contribution in [3.8, 4) is 75.4 Å². The molecule has 8 heterocycles. The molecule has 0 radical (unpaired) electrons. The van der Waals surface area contributed by atoms with Gasteiger partial charge in [-0.25, -0.2) is 0 Å². The molecule has 0 aromatic carbocycles. The summed E-state index contributed by atoms with van der Waals surface area (Å²) in [6.45, 7) is 0. The summed E-state index contributed by atoms with van der Waals surface area (Å²) in [5, 5.41) is 51.5. The molecule has 0 fully saturated rings. The van der Waals surface area contributed by atoms with Gasteiger partial charge in [-0.05, 0) is 97.1 Å². The summed E-state index contributed by atoms with van der Waals surface area (Å²) in [4.78, 5) is 39.7. The van der Waals surface area contributed by atoms with Crippen LogP contribution in [0, 0.1) is 61.4 Å². The molecule has 8 aromatic rings. The van der Waals surface area contributed by atoms with Gasteiger partial charge in [0.1, 0.15) is 0 Å². The van der Waals surface area contributed by atoms with Gasteiger partial charge >= 0.3 is 278 Å². The smallest absolute Gasteiger partial charge is 0.255 e. The summed E-state index contributed by atoms with van der Waals surface area (Å²) < 4.78 is 0. The van der Waals surface area contributed by atoms with Crippen LogP contribution in [-0.2, 0) is 10.7 Å². The molecule has 0 amide bonds. The van der Waals surface area contributed by atoms with Gasteiger partial charge in [0.15, 0.2) is 0 Å². The second kappa shape index (κ2) is 32.8. The van der Waals surface area contributed by atoms with Crippen LogP contribution in [0.1, 0.15) is 0 Å². The molecule has 65 heavy (non-hydrogen) atoms.